The molecule has 1 saturated heterocycles. The van der Waals surface area contributed by atoms with Crippen LogP contribution in [0, 0.1) is 17.8 Å². The van der Waals surface area contributed by atoms with Crippen molar-refractivity contribution in [1.29, 1.82) is 0 Å². The number of hydrogen-bond acceptors (Lipinski definition) is 11. The number of carbonyl (C=O) groups is 4. The molecule has 60 heavy (non-hydrogen) atoms. The summed E-state index contributed by atoms with van der Waals surface area (Å²) in [6.45, 7) is 3.42. The molecular formula is C40H51F4N5O10S. The molecule has 6 rings (SSSR count). The van der Waals surface area contributed by atoms with Crippen molar-refractivity contribution in [3.63, 3.8) is 0 Å². The summed E-state index contributed by atoms with van der Waals surface area (Å²) in [6, 6.07) is 3.86. The number of hydrogen-bond donors (Lipinski definition) is 3. The quantitative estimate of drug-likeness (QED) is 0.218. The number of allylic oxidation sites excluding steroid dienone is 1. The number of alkyl halides is 4. The van der Waals surface area contributed by atoms with Gasteiger partial charge in [0.25, 0.3) is 5.91 Å². The number of rotatable bonds is 10. The van der Waals surface area contributed by atoms with Crippen molar-refractivity contribution >= 4 is 44.6 Å². The van der Waals surface area contributed by atoms with Crippen molar-refractivity contribution < 1.29 is 64.1 Å². The van der Waals surface area contributed by atoms with Crippen LogP contribution in [0.4, 0.5) is 22.4 Å². The summed E-state index contributed by atoms with van der Waals surface area (Å²) in [4.78, 5) is 62.0. The normalized spacial score (nSPS) is 28.8. The molecule has 15 nitrogen and oxygen atoms in total. The summed E-state index contributed by atoms with van der Waals surface area (Å²) >= 11 is 0. The minimum Gasteiger partial charge on any atom is -0.497 e. The predicted octanol–water partition coefficient (Wildman–Crippen LogP) is 4.87. The van der Waals surface area contributed by atoms with E-state index in [1.807, 2.05) is 11.6 Å². The lowest BCUT2D eigenvalue weighted by molar-refractivity contribution is -0.244. The molecule has 0 bridgehead atoms. The number of ether oxygens (including phenoxy) is 4. The lowest BCUT2D eigenvalue weighted by atomic mass is 9.88. The highest BCUT2D eigenvalue weighted by atomic mass is 32.2. The second-order valence-electron chi connectivity index (χ2n) is 16.9. The first-order valence-electron chi connectivity index (χ1n) is 19.8. The zero-order valence-electron chi connectivity index (χ0n) is 34.2. The molecule has 0 radical (unpaired) electrons. The number of nitrogens with zero attached hydrogens (tertiary/aromatic N) is 2. The van der Waals surface area contributed by atoms with Gasteiger partial charge in [0.15, 0.2) is 0 Å². The molecular weight excluding hydrogens is 819 g/mol. The van der Waals surface area contributed by atoms with Crippen molar-refractivity contribution in [2.75, 3.05) is 27.4 Å². The van der Waals surface area contributed by atoms with E-state index < -0.39 is 92.6 Å². The number of methoxy groups -OCH3 is 2. The molecule has 3 fully saturated rings. The van der Waals surface area contributed by atoms with E-state index in [4.69, 9.17) is 18.9 Å². The fourth-order valence-corrected chi connectivity index (χ4v) is 9.28. The van der Waals surface area contributed by atoms with E-state index in [1.54, 1.807) is 43.3 Å². The van der Waals surface area contributed by atoms with Crippen LogP contribution >= 0.6 is 0 Å². The zero-order chi connectivity index (χ0) is 44.0. The number of alkyl carbamates (subject to hydrolysis) is 1. The lowest BCUT2D eigenvalue weighted by Gasteiger charge is -2.34. The summed E-state index contributed by atoms with van der Waals surface area (Å²) < 4.78 is 104. The Hall–Kier alpha value is -4.88. The van der Waals surface area contributed by atoms with Crippen LogP contribution in [0.3, 0.4) is 0 Å². The van der Waals surface area contributed by atoms with Crippen molar-refractivity contribution in [1.82, 2.24) is 25.2 Å². The van der Waals surface area contributed by atoms with E-state index in [9.17, 15) is 45.2 Å². The molecule has 1 aromatic carbocycles. The molecule has 330 valence electrons. The van der Waals surface area contributed by atoms with Gasteiger partial charge in [0, 0.05) is 23.8 Å². The Kier molecular flexibility index (Phi) is 12.3. The van der Waals surface area contributed by atoms with Gasteiger partial charge in [0.05, 0.1) is 20.8 Å². The van der Waals surface area contributed by atoms with Gasteiger partial charge in [-0.15, -0.1) is 0 Å². The number of pyridine rings is 1. The Morgan fingerprint density at radius 2 is 1.78 bits per heavy atom. The second-order valence-corrected chi connectivity index (χ2v) is 19.0. The second kappa shape index (κ2) is 16.5. The van der Waals surface area contributed by atoms with Crippen LogP contribution in [0.2, 0.25) is 0 Å². The maximum Gasteiger partial charge on any atom is 0.427 e. The molecule has 4 amide bonds. The van der Waals surface area contributed by atoms with Gasteiger partial charge in [-0.2, -0.15) is 18.2 Å². The molecule has 2 aliphatic carbocycles. The molecule has 2 aliphatic heterocycles. The maximum absolute atomic E-state index is 14.8. The first-order valence-corrected chi connectivity index (χ1v) is 21.2. The number of benzene rings is 1. The molecule has 0 spiro atoms. The Labute approximate surface area is 345 Å². The zero-order valence-corrected chi connectivity index (χ0v) is 35.0. The van der Waals surface area contributed by atoms with Gasteiger partial charge in [-0.3, -0.25) is 19.1 Å². The summed E-state index contributed by atoms with van der Waals surface area (Å²) in [5, 5.41) is 6.22. The van der Waals surface area contributed by atoms with Crippen molar-refractivity contribution in [2.45, 2.75) is 113 Å². The largest absolute Gasteiger partial charge is 0.497 e. The fraction of sp³-hybridized carbons (Fsp3) is 0.625. The third-order valence-electron chi connectivity index (χ3n) is 12.0. The molecule has 3 heterocycles. The number of fused-ring (bicyclic) bond motifs is 3. The number of carbonyl (C=O) groups excluding carboxylic acids is 4. The van der Waals surface area contributed by atoms with E-state index in [1.165, 1.54) is 14.2 Å². The maximum atomic E-state index is 14.8. The minimum absolute atomic E-state index is 0.000590. The van der Waals surface area contributed by atoms with E-state index in [-0.39, 0.29) is 49.9 Å². The van der Waals surface area contributed by atoms with E-state index in [2.05, 4.69) is 15.6 Å². The average molecular weight is 870 g/mol. The van der Waals surface area contributed by atoms with Crippen LogP contribution in [-0.4, -0.2) is 110 Å². The van der Waals surface area contributed by atoms with Crippen LogP contribution in [-0.2, 0) is 29.1 Å². The van der Waals surface area contributed by atoms with Gasteiger partial charge in [-0.05, 0) is 87.8 Å². The van der Waals surface area contributed by atoms with Crippen molar-refractivity contribution in [3.8, 4) is 17.5 Å². The van der Waals surface area contributed by atoms with Gasteiger partial charge in [0.1, 0.15) is 40.9 Å². The Bertz CT molecular complexity index is 2140. The van der Waals surface area contributed by atoms with Crippen LogP contribution in [0.5, 0.6) is 17.5 Å². The summed E-state index contributed by atoms with van der Waals surface area (Å²) in [6.07, 6.45) is -2.67. The topological polar surface area (TPSA) is 192 Å². The molecule has 2 saturated carbocycles. The summed E-state index contributed by atoms with van der Waals surface area (Å²) in [5.41, 5.74) is -4.70. The smallest absolute Gasteiger partial charge is 0.427 e. The van der Waals surface area contributed by atoms with E-state index in [0.29, 0.717) is 49.6 Å². The first kappa shape index (κ1) is 44.7. The third kappa shape index (κ3) is 8.93. The SMILES string of the molecule is COc1ccc2c(O[C@@H]3C[C@H]4C(=O)N[C@]5(C(=O)NS(=O)(=O)C6(CF)CC6)CC5/C=C\CC[C@@H](C)C[C@@H](C)[C@H](NC(=O)OC(C)(C)C(F)(F)F)C(=O)N4C3)nc(OC)cc2c1. The predicted molar refractivity (Wildman–Crippen MR) is 208 cm³/mol. The highest BCUT2D eigenvalue weighted by Gasteiger charge is 2.64. The van der Waals surface area contributed by atoms with Gasteiger partial charge in [-0.25, -0.2) is 17.6 Å². The van der Waals surface area contributed by atoms with E-state index in [0.717, 1.165) is 4.90 Å². The molecule has 20 heteroatoms. The highest BCUT2D eigenvalue weighted by molar-refractivity contribution is 7.91. The summed E-state index contributed by atoms with van der Waals surface area (Å²) in [7, 11) is -1.57. The molecule has 1 aromatic heterocycles. The molecule has 4 aliphatic rings. The van der Waals surface area contributed by atoms with Crippen LogP contribution < -0.4 is 29.6 Å². The first-order chi connectivity index (χ1) is 28.1. The monoisotopic (exact) mass is 869 g/mol. The van der Waals surface area contributed by atoms with Gasteiger partial charge in [-0.1, -0.05) is 26.0 Å². The number of nitrogens with one attached hydrogen (secondary N) is 3. The Morgan fingerprint density at radius 1 is 1.07 bits per heavy atom. The molecule has 2 aromatic rings. The average Bonchev–Trinajstić information content (AvgIpc) is 4.08. The Morgan fingerprint density at radius 3 is 2.42 bits per heavy atom. The van der Waals surface area contributed by atoms with Gasteiger partial charge >= 0.3 is 12.3 Å². The number of halogens is 4. The van der Waals surface area contributed by atoms with Crippen LogP contribution in [0.1, 0.15) is 72.6 Å². The van der Waals surface area contributed by atoms with Crippen molar-refractivity contribution in [3.05, 3.63) is 36.4 Å². The standard InChI is InChI=1S/C40H51F4N5O10S/c1-22-9-7-8-10-25-19-39(25,35(52)48-60(54,55)38(21-41)13-14-38)47-32(50)29-18-27(58-33-28-12-11-26(56-5)16-24(28)17-30(45-33)57-6)20-49(29)34(51)31(23(2)15-22)46-36(53)59-37(3,4)40(42,43)44/h8,10-12,16-17,22-23,25,27,29,31H,7,9,13-15,18-21H2,1-6H3,(H,46,53)(H,47,50)(H,48,52)/b10-8-/t22-,23-,25?,27-,29+,31+,39-/m1/s1. The minimum atomic E-state index is -4.94. The van der Waals surface area contributed by atoms with Crippen LogP contribution in [0.15, 0.2) is 36.4 Å². The van der Waals surface area contributed by atoms with Crippen LogP contribution in [0.25, 0.3) is 10.8 Å². The number of sulfonamides is 1. The van der Waals surface area contributed by atoms with Crippen molar-refractivity contribution in [2.24, 2.45) is 17.8 Å². The molecule has 3 N–H and O–H groups in total. The number of amides is 4. The Balaban J connectivity index is 1.37. The fourth-order valence-electron chi connectivity index (χ4n) is 7.86. The third-order valence-corrected chi connectivity index (χ3v) is 14.1. The molecule has 1 unspecified atom stereocenters. The van der Waals surface area contributed by atoms with Gasteiger partial charge in [0.2, 0.25) is 39.2 Å². The highest BCUT2D eigenvalue weighted by Crippen LogP contribution is 2.48. The number of aromatic nitrogens is 1. The summed E-state index contributed by atoms with van der Waals surface area (Å²) in [5.74, 6) is -3.40. The lowest BCUT2D eigenvalue weighted by Crippen LogP contribution is -2.60. The molecule has 7 atom stereocenters. The van der Waals surface area contributed by atoms with Gasteiger partial charge < -0.3 is 34.5 Å². The van der Waals surface area contributed by atoms with E-state index >= 15 is 0 Å².